The van der Waals surface area contributed by atoms with Gasteiger partial charge in [0, 0.05) is 0 Å². The molecule has 0 saturated carbocycles. The SMILES string of the molecule is CC/C=C\CCOC(=O)CCC(=O)OCCCCCCCC. The van der Waals surface area contributed by atoms with Crippen LogP contribution < -0.4 is 0 Å². The van der Waals surface area contributed by atoms with Gasteiger partial charge in [0.25, 0.3) is 0 Å². The van der Waals surface area contributed by atoms with Crippen LogP contribution in [-0.2, 0) is 19.1 Å². The highest BCUT2D eigenvalue weighted by Crippen LogP contribution is 2.05. The van der Waals surface area contributed by atoms with Crippen molar-refractivity contribution in [1.82, 2.24) is 0 Å². The summed E-state index contributed by atoms with van der Waals surface area (Å²) in [6, 6.07) is 0. The molecule has 0 bridgehead atoms. The van der Waals surface area contributed by atoms with Crippen LogP contribution in [0.5, 0.6) is 0 Å². The summed E-state index contributed by atoms with van der Waals surface area (Å²) in [4.78, 5) is 22.9. The minimum atomic E-state index is -0.332. The zero-order valence-electron chi connectivity index (χ0n) is 14.3. The first kappa shape index (κ1) is 20.7. The molecular formula is C18H32O4. The van der Waals surface area contributed by atoms with E-state index in [1.54, 1.807) is 0 Å². The molecule has 4 nitrogen and oxygen atoms in total. The lowest BCUT2D eigenvalue weighted by Gasteiger charge is -2.05. The maximum absolute atomic E-state index is 11.5. The smallest absolute Gasteiger partial charge is 0.306 e. The van der Waals surface area contributed by atoms with Crippen molar-refractivity contribution in [3.8, 4) is 0 Å². The highest BCUT2D eigenvalue weighted by Gasteiger charge is 2.08. The Kier molecular flexibility index (Phi) is 15.1. The minimum absolute atomic E-state index is 0.104. The third-order valence-electron chi connectivity index (χ3n) is 3.24. The number of carbonyl (C=O) groups is 2. The molecule has 0 spiro atoms. The van der Waals surface area contributed by atoms with Gasteiger partial charge in [0.15, 0.2) is 0 Å². The first-order valence-electron chi connectivity index (χ1n) is 8.66. The molecule has 0 aliphatic carbocycles. The van der Waals surface area contributed by atoms with Gasteiger partial charge >= 0.3 is 11.9 Å². The number of esters is 2. The fourth-order valence-electron chi connectivity index (χ4n) is 1.94. The molecule has 0 aliphatic heterocycles. The lowest BCUT2D eigenvalue weighted by molar-refractivity contribution is -0.150. The predicted molar refractivity (Wildman–Crippen MR) is 88.6 cm³/mol. The van der Waals surface area contributed by atoms with Gasteiger partial charge in [-0.25, -0.2) is 0 Å². The molecule has 0 unspecified atom stereocenters. The van der Waals surface area contributed by atoms with Crippen LogP contribution in [0.4, 0.5) is 0 Å². The third kappa shape index (κ3) is 15.1. The van der Waals surface area contributed by atoms with Gasteiger partial charge in [-0.2, -0.15) is 0 Å². The average Bonchev–Trinajstić information content (AvgIpc) is 2.52. The second-order valence-corrected chi connectivity index (χ2v) is 5.38. The number of hydrogen-bond donors (Lipinski definition) is 0. The van der Waals surface area contributed by atoms with Gasteiger partial charge in [0.1, 0.15) is 0 Å². The largest absolute Gasteiger partial charge is 0.466 e. The van der Waals surface area contributed by atoms with Crippen molar-refractivity contribution in [1.29, 1.82) is 0 Å². The molecule has 0 aromatic carbocycles. The molecule has 4 heteroatoms. The monoisotopic (exact) mass is 312 g/mol. The lowest BCUT2D eigenvalue weighted by atomic mass is 10.1. The summed E-state index contributed by atoms with van der Waals surface area (Å²) in [5.41, 5.74) is 0. The first-order valence-corrected chi connectivity index (χ1v) is 8.66. The Morgan fingerprint density at radius 1 is 0.773 bits per heavy atom. The molecule has 0 aromatic heterocycles. The number of carbonyl (C=O) groups excluding carboxylic acids is 2. The highest BCUT2D eigenvalue weighted by molar-refractivity contribution is 5.77. The molecule has 0 heterocycles. The van der Waals surface area contributed by atoms with Gasteiger partial charge < -0.3 is 9.47 Å². The number of unbranched alkanes of at least 4 members (excludes halogenated alkanes) is 5. The molecule has 128 valence electrons. The van der Waals surface area contributed by atoms with Crippen molar-refractivity contribution in [3.63, 3.8) is 0 Å². The van der Waals surface area contributed by atoms with Crippen molar-refractivity contribution in [2.24, 2.45) is 0 Å². The Morgan fingerprint density at radius 2 is 1.36 bits per heavy atom. The highest BCUT2D eigenvalue weighted by atomic mass is 16.5. The van der Waals surface area contributed by atoms with E-state index < -0.39 is 0 Å². The normalized spacial score (nSPS) is 10.8. The first-order chi connectivity index (χ1) is 10.7. The Morgan fingerprint density at radius 3 is 2.00 bits per heavy atom. The van der Waals surface area contributed by atoms with Gasteiger partial charge in [-0.15, -0.1) is 0 Å². The van der Waals surface area contributed by atoms with Crippen LogP contribution >= 0.6 is 0 Å². The van der Waals surface area contributed by atoms with Gasteiger partial charge in [-0.1, -0.05) is 58.1 Å². The van der Waals surface area contributed by atoms with Gasteiger partial charge in [0.2, 0.25) is 0 Å². The van der Waals surface area contributed by atoms with E-state index in [2.05, 4.69) is 13.8 Å². The van der Waals surface area contributed by atoms with Crippen LogP contribution in [-0.4, -0.2) is 25.2 Å². The molecule has 0 rings (SSSR count). The lowest BCUT2D eigenvalue weighted by Crippen LogP contribution is -2.11. The van der Waals surface area contributed by atoms with Crippen molar-refractivity contribution >= 4 is 11.9 Å². The summed E-state index contributed by atoms with van der Waals surface area (Å²) in [5.74, 6) is -0.641. The summed E-state index contributed by atoms with van der Waals surface area (Å²) in [6.07, 6.45) is 12.9. The Bertz CT molecular complexity index is 310. The second kappa shape index (κ2) is 16.1. The zero-order valence-corrected chi connectivity index (χ0v) is 14.3. The van der Waals surface area contributed by atoms with Crippen LogP contribution in [0.25, 0.3) is 0 Å². The summed E-state index contributed by atoms with van der Waals surface area (Å²) >= 11 is 0. The van der Waals surface area contributed by atoms with Gasteiger partial charge in [-0.3, -0.25) is 9.59 Å². The molecule has 0 fully saturated rings. The van der Waals surface area contributed by atoms with Crippen LogP contribution in [0.2, 0.25) is 0 Å². The average molecular weight is 312 g/mol. The third-order valence-corrected chi connectivity index (χ3v) is 3.24. The molecular weight excluding hydrogens is 280 g/mol. The van der Waals surface area contributed by atoms with E-state index in [-0.39, 0.29) is 24.8 Å². The van der Waals surface area contributed by atoms with E-state index in [9.17, 15) is 9.59 Å². The fraction of sp³-hybridized carbons (Fsp3) is 0.778. The van der Waals surface area contributed by atoms with Crippen LogP contribution in [0.15, 0.2) is 12.2 Å². The fourth-order valence-corrected chi connectivity index (χ4v) is 1.94. The number of allylic oxidation sites excluding steroid dienone is 1. The van der Waals surface area contributed by atoms with Crippen LogP contribution in [0, 0.1) is 0 Å². The minimum Gasteiger partial charge on any atom is -0.466 e. The Balaban J connectivity index is 3.40. The van der Waals surface area contributed by atoms with E-state index in [4.69, 9.17) is 9.47 Å². The zero-order chi connectivity index (χ0) is 16.5. The molecule has 0 N–H and O–H groups in total. The maximum Gasteiger partial charge on any atom is 0.306 e. The quantitative estimate of drug-likeness (QED) is 0.268. The van der Waals surface area contributed by atoms with Crippen molar-refractivity contribution in [2.75, 3.05) is 13.2 Å². The molecule has 0 saturated heterocycles. The van der Waals surface area contributed by atoms with Crippen LogP contribution in [0.1, 0.15) is 78.1 Å². The van der Waals surface area contributed by atoms with E-state index in [0.717, 1.165) is 25.7 Å². The van der Waals surface area contributed by atoms with Crippen LogP contribution in [0.3, 0.4) is 0 Å². The van der Waals surface area contributed by atoms with Gasteiger partial charge in [-0.05, 0) is 19.3 Å². The number of hydrogen-bond acceptors (Lipinski definition) is 4. The molecule has 0 aliphatic rings. The van der Waals surface area contributed by atoms with Crippen molar-refractivity contribution in [3.05, 3.63) is 12.2 Å². The second-order valence-electron chi connectivity index (χ2n) is 5.38. The predicted octanol–water partition coefficient (Wildman–Crippen LogP) is 4.57. The van der Waals surface area contributed by atoms with Crippen molar-refractivity contribution in [2.45, 2.75) is 78.1 Å². The maximum atomic E-state index is 11.5. The Labute approximate surface area is 135 Å². The topological polar surface area (TPSA) is 52.6 Å². The molecule has 0 amide bonds. The number of ether oxygens (including phenoxy) is 2. The summed E-state index contributed by atoms with van der Waals surface area (Å²) in [7, 11) is 0. The number of rotatable bonds is 14. The molecule has 0 atom stereocenters. The van der Waals surface area contributed by atoms with E-state index in [0.29, 0.717) is 13.2 Å². The molecule has 0 radical (unpaired) electrons. The molecule has 22 heavy (non-hydrogen) atoms. The van der Waals surface area contributed by atoms with Crippen molar-refractivity contribution < 1.29 is 19.1 Å². The van der Waals surface area contributed by atoms with Gasteiger partial charge in [0.05, 0.1) is 26.1 Å². The molecule has 0 aromatic rings. The van der Waals surface area contributed by atoms with E-state index in [1.165, 1.54) is 25.7 Å². The Hall–Kier alpha value is -1.32. The summed E-state index contributed by atoms with van der Waals surface area (Å²) in [6.45, 7) is 5.08. The summed E-state index contributed by atoms with van der Waals surface area (Å²) in [5, 5.41) is 0. The van der Waals surface area contributed by atoms with E-state index >= 15 is 0 Å². The van der Waals surface area contributed by atoms with E-state index in [1.807, 2.05) is 12.2 Å². The summed E-state index contributed by atoms with van der Waals surface area (Å²) < 4.78 is 10.1. The standard InChI is InChI=1S/C18H32O4/c1-3-5-7-9-10-12-16-22-18(20)14-13-17(19)21-15-11-8-6-4-2/h6,8H,3-5,7,9-16H2,1-2H3/b8-6-.